The second-order valence-corrected chi connectivity index (χ2v) is 8.52. The average molecular weight is 475 g/mol. The normalized spacial score (nSPS) is 16.7. The first kappa shape index (κ1) is 23.7. The van der Waals surface area contributed by atoms with Gasteiger partial charge in [0.05, 0.1) is 32.5 Å². The summed E-state index contributed by atoms with van der Waals surface area (Å²) in [6.45, 7) is 0.210. The summed E-state index contributed by atoms with van der Waals surface area (Å²) in [5.74, 6) is -3.30. The summed E-state index contributed by atoms with van der Waals surface area (Å²) in [5.41, 5.74) is 1.77. The summed E-state index contributed by atoms with van der Waals surface area (Å²) in [6.07, 6.45) is 2.33. The number of ether oxygens (including phenoxy) is 1. The maximum absolute atomic E-state index is 14.9. The number of anilines is 1. The highest BCUT2D eigenvalue weighted by molar-refractivity contribution is 5.78. The van der Waals surface area contributed by atoms with E-state index in [4.69, 9.17) is 4.74 Å². The monoisotopic (exact) mass is 475 g/mol. The molecule has 2 N–H and O–H groups in total. The number of nitrogens with zero attached hydrogens (tertiary/aromatic N) is 4. The van der Waals surface area contributed by atoms with Gasteiger partial charge in [-0.2, -0.15) is 0 Å². The number of carbonyl (C=O) groups excluding carboxylic acids is 1. The fourth-order valence-corrected chi connectivity index (χ4v) is 4.39. The van der Waals surface area contributed by atoms with E-state index in [0.717, 1.165) is 29.8 Å². The number of nitrogens with one attached hydrogen (secondary N) is 1. The smallest absolute Gasteiger partial charge is 0.320 e. The number of rotatable bonds is 9. The van der Waals surface area contributed by atoms with Gasteiger partial charge in [0.2, 0.25) is 5.88 Å². The Labute approximate surface area is 195 Å². The second-order valence-electron chi connectivity index (χ2n) is 8.52. The van der Waals surface area contributed by atoms with Crippen LogP contribution in [-0.2, 0) is 17.6 Å². The minimum Gasteiger partial charge on any atom is -0.481 e. The Kier molecular flexibility index (Phi) is 6.80. The molecule has 0 spiro atoms. The molecular formula is C23H27F2N5O4. The number of aryl methyl sites for hydroxylation is 1. The molecule has 11 heteroatoms. The molecule has 1 atom stereocenters. The lowest BCUT2D eigenvalue weighted by atomic mass is 10.0. The van der Waals surface area contributed by atoms with Crippen LogP contribution in [0.2, 0.25) is 0 Å². The second kappa shape index (κ2) is 9.78. The number of carboxylic acid groups (broad SMARTS) is 1. The Morgan fingerprint density at radius 3 is 2.82 bits per heavy atom. The molecule has 4 heterocycles. The van der Waals surface area contributed by atoms with Crippen molar-refractivity contribution in [2.24, 2.45) is 0 Å². The van der Waals surface area contributed by atoms with Gasteiger partial charge in [0.25, 0.3) is 5.92 Å². The van der Waals surface area contributed by atoms with E-state index in [-0.39, 0.29) is 25.2 Å². The van der Waals surface area contributed by atoms with Crippen LogP contribution in [0.25, 0.3) is 0 Å². The zero-order valence-electron chi connectivity index (χ0n) is 18.8. The highest BCUT2D eigenvalue weighted by Gasteiger charge is 2.41. The van der Waals surface area contributed by atoms with Crippen LogP contribution in [0, 0.1) is 0 Å². The van der Waals surface area contributed by atoms with E-state index in [1.54, 1.807) is 18.2 Å². The Bertz CT molecular complexity index is 1050. The quantitative estimate of drug-likeness (QED) is 0.574. The number of aromatic nitrogens is 2. The summed E-state index contributed by atoms with van der Waals surface area (Å²) in [7, 11) is 1.45. The van der Waals surface area contributed by atoms with Crippen molar-refractivity contribution in [3.63, 3.8) is 0 Å². The van der Waals surface area contributed by atoms with Gasteiger partial charge in [0.1, 0.15) is 5.82 Å². The van der Waals surface area contributed by atoms with Crippen LogP contribution in [0.5, 0.6) is 5.88 Å². The molecule has 0 saturated carbocycles. The molecular weight excluding hydrogens is 448 g/mol. The van der Waals surface area contributed by atoms with Gasteiger partial charge in [0, 0.05) is 37.6 Å². The minimum atomic E-state index is -3.19. The molecule has 182 valence electrons. The number of methoxy groups -OCH3 is 1. The van der Waals surface area contributed by atoms with Crippen LogP contribution < -0.4 is 10.1 Å². The van der Waals surface area contributed by atoms with Crippen molar-refractivity contribution in [2.75, 3.05) is 38.6 Å². The number of pyridine rings is 2. The fraction of sp³-hybridized carbons (Fsp3) is 0.478. The van der Waals surface area contributed by atoms with E-state index >= 15 is 0 Å². The number of fused-ring (bicyclic) bond motifs is 1. The summed E-state index contributed by atoms with van der Waals surface area (Å²) < 4.78 is 34.9. The molecule has 2 aliphatic heterocycles. The molecule has 1 fully saturated rings. The van der Waals surface area contributed by atoms with Crippen molar-refractivity contribution in [3.05, 3.63) is 47.3 Å². The molecule has 2 aromatic heterocycles. The van der Waals surface area contributed by atoms with Crippen LogP contribution in [0.15, 0.2) is 30.5 Å². The SMILES string of the molecule is COc1ccc(C(CC(=O)O)N2CCN(CC(F)(F)Cc3ccc4c(n3)NCCC4)C2=O)cn1. The first-order chi connectivity index (χ1) is 16.3. The molecule has 2 amide bonds. The third-order valence-electron chi connectivity index (χ3n) is 6.04. The van der Waals surface area contributed by atoms with Crippen molar-refractivity contribution >= 4 is 17.8 Å². The predicted octanol–water partition coefficient (Wildman–Crippen LogP) is 2.97. The molecule has 4 rings (SSSR count). The van der Waals surface area contributed by atoms with Gasteiger partial charge in [0.15, 0.2) is 0 Å². The zero-order valence-corrected chi connectivity index (χ0v) is 18.8. The Balaban J connectivity index is 1.45. The lowest BCUT2D eigenvalue weighted by Crippen LogP contribution is -2.42. The standard InChI is InChI=1S/C23H27F2N5O4/c1-34-19-7-5-16(13-27-19)18(11-20(31)32)30-10-9-29(22(30)33)14-23(24,25)12-17-6-4-15-3-2-8-26-21(15)28-17/h4-7,13,18H,2-3,8-12,14H2,1H3,(H,26,28)(H,31,32). The number of amides is 2. The summed E-state index contributed by atoms with van der Waals surface area (Å²) in [5, 5.41) is 12.5. The minimum absolute atomic E-state index is 0.0767. The molecule has 2 aliphatic rings. The average Bonchev–Trinajstić information content (AvgIpc) is 3.16. The summed E-state index contributed by atoms with van der Waals surface area (Å²) in [4.78, 5) is 35.3. The number of hydrogen-bond donors (Lipinski definition) is 2. The van der Waals surface area contributed by atoms with Gasteiger partial charge >= 0.3 is 12.0 Å². The number of aliphatic carboxylic acids is 1. The molecule has 0 radical (unpaired) electrons. The van der Waals surface area contributed by atoms with Crippen LogP contribution in [0.1, 0.15) is 35.7 Å². The predicted molar refractivity (Wildman–Crippen MR) is 119 cm³/mol. The number of halogens is 2. The van der Waals surface area contributed by atoms with Crippen LogP contribution in [0.3, 0.4) is 0 Å². The van der Waals surface area contributed by atoms with E-state index in [0.29, 0.717) is 17.3 Å². The van der Waals surface area contributed by atoms with E-state index in [9.17, 15) is 23.5 Å². The van der Waals surface area contributed by atoms with Crippen LogP contribution in [-0.4, -0.2) is 76.1 Å². The molecule has 9 nitrogen and oxygen atoms in total. The van der Waals surface area contributed by atoms with E-state index in [1.807, 2.05) is 6.07 Å². The summed E-state index contributed by atoms with van der Waals surface area (Å²) in [6, 6.07) is 5.17. The van der Waals surface area contributed by atoms with E-state index in [1.165, 1.54) is 18.2 Å². The third kappa shape index (κ3) is 5.35. The molecule has 34 heavy (non-hydrogen) atoms. The number of alkyl halides is 2. The summed E-state index contributed by atoms with van der Waals surface area (Å²) >= 11 is 0. The van der Waals surface area contributed by atoms with Gasteiger partial charge in [-0.05, 0) is 30.0 Å². The molecule has 1 unspecified atom stereocenters. The molecule has 0 aromatic carbocycles. The Morgan fingerprint density at radius 2 is 2.12 bits per heavy atom. The van der Waals surface area contributed by atoms with Gasteiger partial charge in [-0.1, -0.05) is 12.1 Å². The van der Waals surface area contributed by atoms with Crippen molar-refractivity contribution < 1.29 is 28.2 Å². The Morgan fingerprint density at radius 1 is 1.29 bits per heavy atom. The zero-order chi connectivity index (χ0) is 24.3. The molecule has 1 saturated heterocycles. The van der Waals surface area contributed by atoms with Gasteiger partial charge in [-0.3, -0.25) is 4.79 Å². The highest BCUT2D eigenvalue weighted by Crippen LogP contribution is 2.31. The molecule has 0 aliphatic carbocycles. The van der Waals surface area contributed by atoms with Crippen molar-refractivity contribution in [1.82, 2.24) is 19.8 Å². The fourth-order valence-electron chi connectivity index (χ4n) is 4.39. The van der Waals surface area contributed by atoms with Crippen LogP contribution in [0.4, 0.5) is 19.4 Å². The number of carbonyl (C=O) groups is 2. The Hall–Kier alpha value is -3.50. The lowest BCUT2D eigenvalue weighted by molar-refractivity contribution is -0.138. The lowest BCUT2D eigenvalue weighted by Gasteiger charge is -2.28. The van der Waals surface area contributed by atoms with Crippen molar-refractivity contribution in [3.8, 4) is 5.88 Å². The molecule has 0 bridgehead atoms. The van der Waals surface area contributed by atoms with Gasteiger partial charge in [-0.15, -0.1) is 0 Å². The van der Waals surface area contributed by atoms with E-state index < -0.39 is 36.9 Å². The van der Waals surface area contributed by atoms with Crippen molar-refractivity contribution in [1.29, 1.82) is 0 Å². The highest BCUT2D eigenvalue weighted by atomic mass is 19.3. The number of urea groups is 1. The van der Waals surface area contributed by atoms with Gasteiger partial charge in [-0.25, -0.2) is 23.5 Å². The van der Waals surface area contributed by atoms with Crippen LogP contribution >= 0.6 is 0 Å². The third-order valence-corrected chi connectivity index (χ3v) is 6.04. The maximum atomic E-state index is 14.9. The number of carboxylic acids is 1. The van der Waals surface area contributed by atoms with E-state index in [2.05, 4.69) is 15.3 Å². The molecule has 2 aromatic rings. The number of hydrogen-bond acceptors (Lipinski definition) is 6. The first-order valence-electron chi connectivity index (χ1n) is 11.1. The first-order valence-corrected chi connectivity index (χ1v) is 11.1. The van der Waals surface area contributed by atoms with Gasteiger partial charge < -0.3 is 25.0 Å². The van der Waals surface area contributed by atoms with Crippen molar-refractivity contribution in [2.45, 2.75) is 37.6 Å². The topological polar surface area (TPSA) is 108 Å². The maximum Gasteiger partial charge on any atom is 0.320 e. The largest absolute Gasteiger partial charge is 0.481 e.